The van der Waals surface area contributed by atoms with Gasteiger partial charge in [0.15, 0.2) is 0 Å². The van der Waals surface area contributed by atoms with Crippen molar-refractivity contribution in [1.82, 2.24) is 0 Å². The summed E-state index contributed by atoms with van der Waals surface area (Å²) in [7, 11) is 0. The first-order valence-electron chi connectivity index (χ1n) is 4.53. The van der Waals surface area contributed by atoms with Crippen LogP contribution in [0.5, 0.6) is 0 Å². The van der Waals surface area contributed by atoms with Crippen LogP contribution in [-0.2, 0) is 0 Å². The summed E-state index contributed by atoms with van der Waals surface area (Å²) in [6, 6.07) is 0. The normalized spacial score (nSPS) is 25.5. The third kappa shape index (κ3) is 1.05. The summed E-state index contributed by atoms with van der Waals surface area (Å²) in [6.45, 7) is 4.49. The lowest BCUT2D eigenvalue weighted by Crippen LogP contribution is -1.99. The summed E-state index contributed by atoms with van der Waals surface area (Å²) in [5.41, 5.74) is 4.85. The molecule has 11 heavy (non-hydrogen) atoms. The first kappa shape index (κ1) is 7.15. The van der Waals surface area contributed by atoms with Gasteiger partial charge >= 0.3 is 0 Å². The highest BCUT2D eigenvalue weighted by Crippen LogP contribution is 2.40. The Morgan fingerprint density at radius 2 is 1.64 bits per heavy atom. The Hall–Kier alpha value is -0.520. The van der Waals surface area contributed by atoms with Gasteiger partial charge in [0.05, 0.1) is 0 Å². The molecule has 0 amide bonds. The second-order valence-corrected chi connectivity index (χ2v) is 3.67. The Balaban J connectivity index is 2.34. The molecule has 0 unspecified atom stereocenters. The van der Waals surface area contributed by atoms with Crippen molar-refractivity contribution in [1.29, 1.82) is 0 Å². The van der Waals surface area contributed by atoms with Crippen molar-refractivity contribution >= 4 is 0 Å². The Morgan fingerprint density at radius 3 is 2.27 bits per heavy atom. The number of rotatable bonds is 0. The highest BCUT2D eigenvalue weighted by atomic mass is 14.3. The molecule has 0 saturated carbocycles. The van der Waals surface area contributed by atoms with E-state index in [2.05, 4.69) is 19.9 Å². The van der Waals surface area contributed by atoms with Gasteiger partial charge in [0.2, 0.25) is 0 Å². The Kier molecular flexibility index (Phi) is 1.63. The minimum absolute atomic E-state index is 1.33. The second kappa shape index (κ2) is 2.51. The standard InChI is InChI=1S/C11H15/c1-8-7-9(2)11-6-4-3-5-10(8)11/h7H,3-6H2,1-2H3. The largest absolute Gasteiger partial charge is 0.0701 e. The number of allylic oxidation sites excluding steroid dienone is 4. The third-order valence-corrected chi connectivity index (χ3v) is 2.85. The molecular formula is C11H15. The van der Waals surface area contributed by atoms with E-state index < -0.39 is 0 Å². The Morgan fingerprint density at radius 1 is 1.00 bits per heavy atom. The molecule has 0 nitrogen and oxygen atoms in total. The fraction of sp³-hybridized carbons (Fsp3) is 0.545. The van der Waals surface area contributed by atoms with Crippen LogP contribution in [0.4, 0.5) is 0 Å². The van der Waals surface area contributed by atoms with Gasteiger partial charge in [-0.15, -0.1) is 0 Å². The molecule has 0 bridgehead atoms. The molecule has 0 aromatic carbocycles. The number of hydrogen-bond donors (Lipinski definition) is 0. The van der Waals surface area contributed by atoms with Crippen molar-refractivity contribution < 1.29 is 0 Å². The van der Waals surface area contributed by atoms with Gasteiger partial charge in [0.25, 0.3) is 0 Å². The molecule has 0 aromatic heterocycles. The van der Waals surface area contributed by atoms with Crippen LogP contribution in [0.1, 0.15) is 39.5 Å². The molecule has 2 aliphatic rings. The second-order valence-electron chi connectivity index (χ2n) is 3.67. The van der Waals surface area contributed by atoms with E-state index in [0.717, 1.165) is 0 Å². The Bertz CT molecular complexity index is 230. The van der Waals surface area contributed by atoms with E-state index in [1.807, 2.05) is 0 Å². The van der Waals surface area contributed by atoms with Crippen molar-refractivity contribution in [3.8, 4) is 0 Å². The maximum atomic E-state index is 2.34. The van der Waals surface area contributed by atoms with Gasteiger partial charge in [0.1, 0.15) is 0 Å². The van der Waals surface area contributed by atoms with Crippen molar-refractivity contribution in [2.24, 2.45) is 0 Å². The summed E-state index contributed by atoms with van der Waals surface area (Å²) in [6.07, 6.45) is 7.80. The van der Waals surface area contributed by atoms with Crippen LogP contribution in [0.2, 0.25) is 0 Å². The van der Waals surface area contributed by atoms with E-state index in [1.54, 1.807) is 11.1 Å². The SMILES string of the molecule is C[C]1C=C(C)C2=C1CCCC2. The van der Waals surface area contributed by atoms with Gasteiger partial charge in [-0.25, -0.2) is 0 Å². The molecule has 2 rings (SSSR count). The van der Waals surface area contributed by atoms with Crippen LogP contribution in [-0.4, -0.2) is 0 Å². The van der Waals surface area contributed by atoms with Crippen molar-refractivity contribution in [3.63, 3.8) is 0 Å². The summed E-state index contributed by atoms with van der Waals surface area (Å²) in [4.78, 5) is 0. The monoisotopic (exact) mass is 147 g/mol. The average molecular weight is 147 g/mol. The first-order valence-corrected chi connectivity index (χ1v) is 4.53. The lowest BCUT2D eigenvalue weighted by molar-refractivity contribution is 0.681. The van der Waals surface area contributed by atoms with Crippen LogP contribution >= 0.6 is 0 Å². The fourth-order valence-electron chi connectivity index (χ4n) is 2.27. The fourth-order valence-corrected chi connectivity index (χ4v) is 2.27. The van der Waals surface area contributed by atoms with Gasteiger partial charge in [-0.3, -0.25) is 0 Å². The topological polar surface area (TPSA) is 0 Å². The van der Waals surface area contributed by atoms with E-state index >= 15 is 0 Å². The van der Waals surface area contributed by atoms with E-state index in [0.29, 0.717) is 0 Å². The molecule has 0 N–H and O–H groups in total. The molecule has 0 aliphatic heterocycles. The maximum absolute atomic E-state index is 2.34. The van der Waals surface area contributed by atoms with Gasteiger partial charge < -0.3 is 0 Å². The predicted octanol–water partition coefficient (Wildman–Crippen LogP) is 3.41. The van der Waals surface area contributed by atoms with Crippen LogP contribution in [0.25, 0.3) is 0 Å². The molecule has 0 fully saturated rings. The van der Waals surface area contributed by atoms with Crippen LogP contribution in [0.15, 0.2) is 22.8 Å². The van der Waals surface area contributed by atoms with E-state index in [-0.39, 0.29) is 0 Å². The molecule has 59 valence electrons. The van der Waals surface area contributed by atoms with Gasteiger partial charge in [0, 0.05) is 5.92 Å². The van der Waals surface area contributed by atoms with Gasteiger partial charge in [-0.1, -0.05) is 24.1 Å². The molecule has 0 atom stereocenters. The van der Waals surface area contributed by atoms with Crippen LogP contribution in [0.3, 0.4) is 0 Å². The molecule has 1 radical (unpaired) electrons. The summed E-state index contributed by atoms with van der Waals surface area (Å²) >= 11 is 0. The molecule has 2 aliphatic carbocycles. The minimum Gasteiger partial charge on any atom is -0.0701 e. The zero-order chi connectivity index (χ0) is 7.84. The predicted molar refractivity (Wildman–Crippen MR) is 48.2 cm³/mol. The van der Waals surface area contributed by atoms with Gasteiger partial charge in [-0.05, 0) is 38.2 Å². The van der Waals surface area contributed by atoms with Crippen LogP contribution in [0, 0.1) is 5.92 Å². The van der Waals surface area contributed by atoms with Crippen molar-refractivity contribution in [2.75, 3.05) is 0 Å². The number of hydrogen-bond acceptors (Lipinski definition) is 0. The van der Waals surface area contributed by atoms with Gasteiger partial charge in [-0.2, -0.15) is 0 Å². The highest BCUT2D eigenvalue weighted by Gasteiger charge is 2.23. The molecule has 0 aromatic rings. The maximum Gasteiger partial charge on any atom is 0.0200 e. The molecule has 0 heterocycles. The van der Waals surface area contributed by atoms with E-state index in [1.165, 1.54) is 37.2 Å². The highest BCUT2D eigenvalue weighted by molar-refractivity contribution is 5.53. The smallest absolute Gasteiger partial charge is 0.0200 e. The van der Waals surface area contributed by atoms with E-state index in [9.17, 15) is 0 Å². The van der Waals surface area contributed by atoms with E-state index in [4.69, 9.17) is 0 Å². The van der Waals surface area contributed by atoms with Crippen molar-refractivity contribution in [2.45, 2.75) is 39.5 Å². The minimum atomic E-state index is 1.33. The average Bonchev–Trinajstić information content (AvgIpc) is 2.30. The van der Waals surface area contributed by atoms with Crippen molar-refractivity contribution in [3.05, 3.63) is 28.7 Å². The van der Waals surface area contributed by atoms with Crippen LogP contribution < -0.4 is 0 Å². The zero-order valence-corrected chi connectivity index (χ0v) is 7.41. The molecule has 0 spiro atoms. The first-order chi connectivity index (χ1) is 5.29. The summed E-state index contributed by atoms with van der Waals surface area (Å²) < 4.78 is 0. The quantitative estimate of drug-likeness (QED) is 0.492. The summed E-state index contributed by atoms with van der Waals surface area (Å²) in [5, 5.41) is 0. The molecular weight excluding hydrogens is 132 g/mol. The third-order valence-electron chi connectivity index (χ3n) is 2.85. The summed E-state index contributed by atoms with van der Waals surface area (Å²) in [5.74, 6) is 1.53. The molecule has 0 saturated heterocycles. The zero-order valence-electron chi connectivity index (χ0n) is 7.41. The molecule has 0 heteroatoms. The lowest BCUT2D eigenvalue weighted by Gasteiger charge is -2.17. The lowest BCUT2D eigenvalue weighted by atomic mass is 9.88. The Labute approximate surface area is 69.0 Å².